The summed E-state index contributed by atoms with van der Waals surface area (Å²) in [6, 6.07) is 12.7. The summed E-state index contributed by atoms with van der Waals surface area (Å²) in [7, 11) is 0. The molecule has 104 valence electrons. The molecule has 0 unspecified atom stereocenters. The van der Waals surface area contributed by atoms with Crippen molar-refractivity contribution in [3.63, 3.8) is 0 Å². The number of carbonyl (C=O) groups excluding carboxylic acids is 1. The summed E-state index contributed by atoms with van der Waals surface area (Å²) in [5.74, 6) is 0.145. The number of Topliss-reactive ketones (excluding diaryl/α,β-unsaturated/α-hetero) is 1. The lowest BCUT2D eigenvalue weighted by atomic mass is 10.00. The Kier molecular flexibility index (Phi) is 5.06. The molecule has 0 saturated heterocycles. The summed E-state index contributed by atoms with van der Waals surface area (Å²) in [5, 5.41) is 0.374. The lowest BCUT2D eigenvalue weighted by Crippen LogP contribution is -2.05. The zero-order valence-electron chi connectivity index (χ0n) is 11.9. The molecule has 1 nitrogen and oxygen atoms in total. The maximum absolute atomic E-state index is 11.9. The fourth-order valence-electron chi connectivity index (χ4n) is 2.23. The van der Waals surface area contributed by atoms with Gasteiger partial charge >= 0.3 is 0 Å². The van der Waals surface area contributed by atoms with Gasteiger partial charge < -0.3 is 0 Å². The normalized spacial score (nSPS) is 10.6. The van der Waals surface area contributed by atoms with E-state index in [4.69, 9.17) is 0 Å². The summed E-state index contributed by atoms with van der Waals surface area (Å²) >= 11 is 4.97. The van der Waals surface area contributed by atoms with Gasteiger partial charge in [-0.15, -0.1) is 0 Å². The molecule has 2 aromatic rings. The van der Waals surface area contributed by atoms with E-state index in [1.165, 1.54) is 15.4 Å². The van der Waals surface area contributed by atoms with Crippen molar-refractivity contribution in [2.45, 2.75) is 30.6 Å². The van der Waals surface area contributed by atoms with Crippen molar-refractivity contribution in [3.05, 3.63) is 58.7 Å². The molecule has 2 aromatic carbocycles. The number of rotatable bonds is 4. The Labute approximate surface area is 132 Å². The minimum Gasteiger partial charge on any atom is -0.293 e. The average Bonchev–Trinajstić information content (AvgIpc) is 2.40. The maximum atomic E-state index is 11.9. The number of carbonyl (C=O) groups is 1. The number of benzene rings is 2. The standard InChI is InChI=1S/C17H17BrOS/c1-11-4-6-14(7-5-11)20-15-8-12(2)17(13(3)9-15)16(19)10-18/h4-9H,10H2,1-3H3. The Hall–Kier alpha value is -1.06. The van der Waals surface area contributed by atoms with Gasteiger partial charge in [0, 0.05) is 15.4 Å². The third-order valence-electron chi connectivity index (χ3n) is 3.16. The van der Waals surface area contributed by atoms with Gasteiger partial charge in [0.15, 0.2) is 5.78 Å². The van der Waals surface area contributed by atoms with Crippen LogP contribution in [0.2, 0.25) is 0 Å². The second kappa shape index (κ2) is 6.59. The first-order valence-electron chi connectivity index (χ1n) is 6.46. The van der Waals surface area contributed by atoms with E-state index in [9.17, 15) is 4.79 Å². The van der Waals surface area contributed by atoms with Crippen molar-refractivity contribution >= 4 is 33.5 Å². The van der Waals surface area contributed by atoms with Gasteiger partial charge in [0.25, 0.3) is 0 Å². The highest BCUT2D eigenvalue weighted by Crippen LogP contribution is 2.31. The Morgan fingerprint density at radius 1 is 1.00 bits per heavy atom. The average molecular weight is 349 g/mol. The van der Waals surface area contributed by atoms with Crippen molar-refractivity contribution < 1.29 is 4.79 Å². The smallest absolute Gasteiger partial charge is 0.173 e. The van der Waals surface area contributed by atoms with E-state index in [0.29, 0.717) is 5.33 Å². The van der Waals surface area contributed by atoms with Crippen molar-refractivity contribution in [1.82, 2.24) is 0 Å². The van der Waals surface area contributed by atoms with E-state index in [0.717, 1.165) is 16.7 Å². The molecule has 0 aliphatic carbocycles. The molecular weight excluding hydrogens is 332 g/mol. The molecule has 0 spiro atoms. The van der Waals surface area contributed by atoms with Crippen LogP contribution in [-0.2, 0) is 0 Å². The van der Waals surface area contributed by atoms with Crippen molar-refractivity contribution in [2.75, 3.05) is 5.33 Å². The van der Waals surface area contributed by atoms with Gasteiger partial charge in [0.1, 0.15) is 0 Å². The van der Waals surface area contributed by atoms with Crippen LogP contribution in [-0.4, -0.2) is 11.1 Å². The highest BCUT2D eigenvalue weighted by molar-refractivity contribution is 9.09. The van der Waals surface area contributed by atoms with Crippen LogP contribution in [0, 0.1) is 20.8 Å². The Balaban J connectivity index is 2.30. The van der Waals surface area contributed by atoms with E-state index in [1.54, 1.807) is 11.8 Å². The molecule has 0 bridgehead atoms. The first-order chi connectivity index (χ1) is 9.51. The number of hydrogen-bond acceptors (Lipinski definition) is 2. The van der Waals surface area contributed by atoms with Gasteiger partial charge in [-0.25, -0.2) is 0 Å². The predicted octanol–water partition coefficient (Wildman–Crippen LogP) is 5.34. The lowest BCUT2D eigenvalue weighted by molar-refractivity contribution is 0.102. The summed E-state index contributed by atoms with van der Waals surface area (Å²) < 4.78 is 0. The molecule has 2 rings (SSSR count). The molecule has 20 heavy (non-hydrogen) atoms. The van der Waals surface area contributed by atoms with Crippen LogP contribution in [0.4, 0.5) is 0 Å². The predicted molar refractivity (Wildman–Crippen MR) is 89.3 cm³/mol. The molecule has 0 amide bonds. The molecular formula is C17H17BrOS. The van der Waals surface area contributed by atoms with Crippen molar-refractivity contribution in [1.29, 1.82) is 0 Å². The Morgan fingerprint density at radius 3 is 2.05 bits per heavy atom. The third-order valence-corrected chi connectivity index (χ3v) is 4.65. The molecule has 0 fully saturated rings. The van der Waals surface area contributed by atoms with Crippen LogP contribution in [0.25, 0.3) is 0 Å². The summed E-state index contributed by atoms with van der Waals surface area (Å²) in [5.41, 5.74) is 4.20. The van der Waals surface area contributed by atoms with E-state index in [1.807, 2.05) is 13.8 Å². The SMILES string of the molecule is Cc1ccc(Sc2cc(C)c(C(=O)CBr)c(C)c2)cc1. The first-order valence-corrected chi connectivity index (χ1v) is 8.40. The minimum absolute atomic E-state index is 0.145. The van der Waals surface area contributed by atoms with Gasteiger partial charge in [0.2, 0.25) is 0 Å². The summed E-state index contributed by atoms with van der Waals surface area (Å²) in [4.78, 5) is 14.3. The van der Waals surface area contributed by atoms with Crippen LogP contribution in [0.3, 0.4) is 0 Å². The Morgan fingerprint density at radius 2 is 1.55 bits per heavy atom. The Bertz CT molecular complexity index is 609. The number of hydrogen-bond donors (Lipinski definition) is 0. The number of halogens is 1. The largest absolute Gasteiger partial charge is 0.293 e. The van der Waals surface area contributed by atoms with Gasteiger partial charge in [0.05, 0.1) is 5.33 Å². The second-order valence-corrected chi connectivity index (χ2v) is 6.61. The van der Waals surface area contributed by atoms with Crippen molar-refractivity contribution in [2.24, 2.45) is 0 Å². The zero-order chi connectivity index (χ0) is 14.7. The van der Waals surface area contributed by atoms with E-state index >= 15 is 0 Å². The molecule has 0 saturated carbocycles. The number of aryl methyl sites for hydroxylation is 3. The zero-order valence-corrected chi connectivity index (χ0v) is 14.3. The van der Waals surface area contributed by atoms with Crippen LogP contribution < -0.4 is 0 Å². The second-order valence-electron chi connectivity index (χ2n) is 4.90. The molecule has 0 atom stereocenters. The number of ketones is 1. The van der Waals surface area contributed by atoms with Crippen LogP contribution in [0.5, 0.6) is 0 Å². The van der Waals surface area contributed by atoms with Gasteiger partial charge in [-0.2, -0.15) is 0 Å². The third kappa shape index (κ3) is 3.53. The van der Waals surface area contributed by atoms with Gasteiger partial charge in [-0.3, -0.25) is 4.79 Å². The first kappa shape index (κ1) is 15.3. The monoisotopic (exact) mass is 348 g/mol. The van der Waals surface area contributed by atoms with Gasteiger partial charge in [-0.1, -0.05) is 45.4 Å². The molecule has 0 N–H and O–H groups in total. The van der Waals surface area contributed by atoms with E-state index < -0.39 is 0 Å². The van der Waals surface area contributed by atoms with Gasteiger partial charge in [-0.05, 0) is 56.2 Å². The highest BCUT2D eigenvalue weighted by Gasteiger charge is 2.12. The molecule has 0 aromatic heterocycles. The van der Waals surface area contributed by atoms with Crippen LogP contribution in [0.1, 0.15) is 27.0 Å². The van der Waals surface area contributed by atoms with Crippen LogP contribution >= 0.6 is 27.7 Å². The topological polar surface area (TPSA) is 17.1 Å². The quantitative estimate of drug-likeness (QED) is 0.547. The lowest BCUT2D eigenvalue weighted by Gasteiger charge is -2.11. The fraction of sp³-hybridized carbons (Fsp3) is 0.235. The molecule has 0 heterocycles. The van der Waals surface area contributed by atoms with Crippen LogP contribution in [0.15, 0.2) is 46.2 Å². The van der Waals surface area contributed by atoms with Crippen molar-refractivity contribution in [3.8, 4) is 0 Å². The highest BCUT2D eigenvalue weighted by atomic mass is 79.9. The minimum atomic E-state index is 0.145. The molecule has 0 radical (unpaired) electrons. The van der Waals surface area contributed by atoms with E-state index in [-0.39, 0.29) is 5.78 Å². The van der Waals surface area contributed by atoms with E-state index in [2.05, 4.69) is 59.3 Å². The molecule has 0 aliphatic heterocycles. The molecule has 0 aliphatic rings. The summed E-state index contributed by atoms with van der Waals surface area (Å²) in [6.45, 7) is 6.09. The number of alkyl halides is 1. The maximum Gasteiger partial charge on any atom is 0.173 e. The summed E-state index contributed by atoms with van der Waals surface area (Å²) in [6.07, 6.45) is 0. The molecule has 3 heteroatoms. The fourth-order valence-corrected chi connectivity index (χ4v) is 3.53.